The third-order valence-electron chi connectivity index (χ3n) is 3.99. The quantitative estimate of drug-likeness (QED) is 0.562. The van der Waals surface area contributed by atoms with Crippen molar-refractivity contribution in [3.63, 3.8) is 0 Å². The number of thiophene rings is 1. The molecular weight excluding hydrogens is 354 g/mol. The summed E-state index contributed by atoms with van der Waals surface area (Å²) in [5.74, 6) is -0.421. The van der Waals surface area contributed by atoms with Gasteiger partial charge in [0, 0.05) is 18.5 Å². The largest absolute Gasteiger partial charge is 0.349 e. The third-order valence-corrected chi connectivity index (χ3v) is 4.88. The van der Waals surface area contributed by atoms with Gasteiger partial charge in [0.15, 0.2) is 5.69 Å². The van der Waals surface area contributed by atoms with Gasteiger partial charge in [0.1, 0.15) is 4.70 Å². The van der Waals surface area contributed by atoms with E-state index in [1.54, 1.807) is 30.3 Å². The maximum atomic E-state index is 12.4. The zero-order chi connectivity index (χ0) is 18.1. The van der Waals surface area contributed by atoms with E-state index in [-0.39, 0.29) is 29.9 Å². The summed E-state index contributed by atoms with van der Waals surface area (Å²) >= 11 is 1.34. The summed E-state index contributed by atoms with van der Waals surface area (Å²) < 4.78 is 2.05. The number of hydrogen-bond acceptors (Lipinski definition) is 6. The Balaban J connectivity index is 1.52. The van der Waals surface area contributed by atoms with Crippen LogP contribution in [0.3, 0.4) is 0 Å². The number of carbonyl (C=O) groups is 1. The van der Waals surface area contributed by atoms with Gasteiger partial charge in [-0.1, -0.05) is 18.2 Å². The predicted molar refractivity (Wildman–Crippen MR) is 98.6 cm³/mol. The lowest BCUT2D eigenvalue weighted by Gasteiger charge is -2.08. The van der Waals surface area contributed by atoms with Crippen LogP contribution in [-0.4, -0.2) is 32.2 Å². The number of rotatable bonds is 4. The second-order valence-electron chi connectivity index (χ2n) is 5.58. The van der Waals surface area contributed by atoms with Crippen LogP contribution in [0.25, 0.3) is 21.0 Å². The first kappa shape index (κ1) is 16.2. The lowest BCUT2D eigenvalue weighted by Crippen LogP contribution is -2.32. The number of nitrogens with zero attached hydrogens (tertiary/aromatic N) is 3. The standard InChI is InChI=1S/C17H13N5O3S/c23-15-11-4-2-1-3-10(11)13(20-21-15)16(24)18-6-7-22-9-19-12-5-8-26-14(12)17(22)25/h1-5,8-9H,6-7H2,(H,18,24)(H,21,23). The Morgan fingerprint density at radius 1 is 1.19 bits per heavy atom. The molecule has 0 saturated carbocycles. The van der Waals surface area contributed by atoms with Gasteiger partial charge in [-0.05, 0) is 17.5 Å². The van der Waals surface area contributed by atoms with Gasteiger partial charge in [0.25, 0.3) is 17.0 Å². The van der Waals surface area contributed by atoms with Crippen molar-refractivity contribution in [2.24, 2.45) is 0 Å². The normalized spacial score (nSPS) is 11.1. The Kier molecular flexibility index (Phi) is 4.05. The molecule has 130 valence electrons. The molecule has 0 spiro atoms. The van der Waals surface area contributed by atoms with Crippen molar-refractivity contribution >= 4 is 38.2 Å². The molecule has 4 rings (SSSR count). The summed E-state index contributed by atoms with van der Waals surface area (Å²) in [4.78, 5) is 40.7. The van der Waals surface area contributed by atoms with E-state index in [1.165, 1.54) is 22.2 Å². The Morgan fingerprint density at radius 2 is 2.00 bits per heavy atom. The summed E-state index contributed by atoms with van der Waals surface area (Å²) in [7, 11) is 0. The molecule has 0 bridgehead atoms. The number of H-pyrrole nitrogens is 1. The summed E-state index contributed by atoms with van der Waals surface area (Å²) in [5, 5.41) is 11.6. The van der Waals surface area contributed by atoms with Crippen molar-refractivity contribution in [2.45, 2.75) is 6.54 Å². The van der Waals surface area contributed by atoms with Gasteiger partial charge in [-0.2, -0.15) is 5.10 Å². The fourth-order valence-corrected chi connectivity index (χ4v) is 3.49. The van der Waals surface area contributed by atoms with Crippen LogP contribution < -0.4 is 16.4 Å². The number of carbonyl (C=O) groups excluding carboxylic acids is 1. The number of amides is 1. The van der Waals surface area contributed by atoms with Crippen LogP contribution in [0.4, 0.5) is 0 Å². The van der Waals surface area contributed by atoms with Gasteiger partial charge in [0.2, 0.25) is 0 Å². The molecule has 1 aromatic carbocycles. The molecule has 26 heavy (non-hydrogen) atoms. The molecule has 0 unspecified atom stereocenters. The molecule has 0 fully saturated rings. The number of nitrogens with one attached hydrogen (secondary N) is 2. The topological polar surface area (TPSA) is 110 Å². The molecule has 9 heteroatoms. The maximum Gasteiger partial charge on any atom is 0.272 e. The van der Waals surface area contributed by atoms with E-state index in [2.05, 4.69) is 20.5 Å². The molecule has 0 aliphatic rings. The van der Waals surface area contributed by atoms with Gasteiger partial charge < -0.3 is 5.32 Å². The van der Waals surface area contributed by atoms with Crippen LogP contribution in [0.5, 0.6) is 0 Å². The minimum atomic E-state index is -0.421. The molecule has 0 saturated heterocycles. The van der Waals surface area contributed by atoms with E-state index in [4.69, 9.17) is 0 Å². The minimum Gasteiger partial charge on any atom is -0.349 e. The molecule has 0 atom stereocenters. The van der Waals surface area contributed by atoms with Gasteiger partial charge in [-0.15, -0.1) is 11.3 Å². The van der Waals surface area contributed by atoms with E-state index in [1.807, 2.05) is 5.38 Å². The summed E-state index contributed by atoms with van der Waals surface area (Å²) in [6.45, 7) is 0.513. The first-order valence-corrected chi connectivity index (χ1v) is 8.71. The average molecular weight is 367 g/mol. The van der Waals surface area contributed by atoms with Gasteiger partial charge in [-0.25, -0.2) is 10.1 Å². The van der Waals surface area contributed by atoms with Crippen LogP contribution >= 0.6 is 11.3 Å². The highest BCUT2D eigenvalue weighted by Crippen LogP contribution is 2.13. The number of fused-ring (bicyclic) bond motifs is 2. The monoisotopic (exact) mass is 367 g/mol. The van der Waals surface area contributed by atoms with E-state index >= 15 is 0 Å². The number of aromatic amines is 1. The van der Waals surface area contributed by atoms with Crippen molar-refractivity contribution in [1.82, 2.24) is 25.1 Å². The van der Waals surface area contributed by atoms with Crippen molar-refractivity contribution in [1.29, 1.82) is 0 Å². The lowest BCUT2D eigenvalue weighted by molar-refractivity contribution is 0.0948. The zero-order valence-electron chi connectivity index (χ0n) is 13.4. The van der Waals surface area contributed by atoms with Crippen LogP contribution in [0.1, 0.15) is 10.5 Å². The molecule has 3 aromatic heterocycles. The Labute approximate surface area is 150 Å². The summed E-state index contributed by atoms with van der Waals surface area (Å²) in [6.07, 6.45) is 1.47. The highest BCUT2D eigenvalue weighted by molar-refractivity contribution is 7.17. The molecule has 3 heterocycles. The van der Waals surface area contributed by atoms with Crippen LogP contribution in [0.15, 0.2) is 51.6 Å². The maximum absolute atomic E-state index is 12.4. The highest BCUT2D eigenvalue weighted by atomic mass is 32.1. The molecule has 4 aromatic rings. The highest BCUT2D eigenvalue weighted by Gasteiger charge is 2.13. The van der Waals surface area contributed by atoms with E-state index in [9.17, 15) is 14.4 Å². The van der Waals surface area contributed by atoms with Crippen LogP contribution in [0.2, 0.25) is 0 Å². The Morgan fingerprint density at radius 3 is 2.85 bits per heavy atom. The van der Waals surface area contributed by atoms with Gasteiger partial charge in [-0.3, -0.25) is 19.0 Å². The molecule has 8 nitrogen and oxygen atoms in total. The first-order valence-electron chi connectivity index (χ1n) is 7.83. The molecule has 0 aliphatic carbocycles. The molecule has 1 amide bonds. The number of aromatic nitrogens is 4. The predicted octanol–water partition coefficient (Wildman–Crippen LogP) is 1.12. The third kappa shape index (κ3) is 2.78. The molecular formula is C17H13N5O3S. The number of benzene rings is 1. The Bertz CT molecular complexity index is 1240. The average Bonchev–Trinajstić information content (AvgIpc) is 3.14. The lowest BCUT2D eigenvalue weighted by atomic mass is 10.1. The molecule has 0 radical (unpaired) electrons. The van der Waals surface area contributed by atoms with E-state index in [0.717, 1.165) is 0 Å². The smallest absolute Gasteiger partial charge is 0.272 e. The van der Waals surface area contributed by atoms with Crippen LogP contribution in [-0.2, 0) is 6.54 Å². The van der Waals surface area contributed by atoms with Crippen molar-refractivity contribution in [3.8, 4) is 0 Å². The summed E-state index contributed by atoms with van der Waals surface area (Å²) in [6, 6.07) is 8.56. The SMILES string of the molecule is O=C(NCCn1cnc2ccsc2c1=O)c1n[nH]c(=O)c2ccccc12. The van der Waals surface area contributed by atoms with Gasteiger partial charge >= 0.3 is 0 Å². The van der Waals surface area contributed by atoms with Crippen LogP contribution in [0, 0.1) is 0 Å². The van der Waals surface area contributed by atoms with E-state index in [0.29, 0.717) is 21.0 Å². The van der Waals surface area contributed by atoms with Crippen molar-refractivity contribution in [2.75, 3.05) is 6.54 Å². The second-order valence-corrected chi connectivity index (χ2v) is 6.50. The van der Waals surface area contributed by atoms with Crippen molar-refractivity contribution in [3.05, 3.63) is 68.4 Å². The van der Waals surface area contributed by atoms with Crippen molar-refractivity contribution < 1.29 is 4.79 Å². The first-order chi connectivity index (χ1) is 12.6. The van der Waals surface area contributed by atoms with Gasteiger partial charge in [0.05, 0.1) is 17.2 Å². The Hall–Kier alpha value is -3.33. The minimum absolute atomic E-state index is 0.133. The fraction of sp³-hybridized carbons (Fsp3) is 0.118. The second kappa shape index (κ2) is 6.52. The zero-order valence-corrected chi connectivity index (χ0v) is 14.2. The van der Waals surface area contributed by atoms with E-state index < -0.39 is 5.91 Å². The molecule has 0 aliphatic heterocycles. The summed E-state index contributed by atoms with van der Waals surface area (Å²) in [5.41, 5.74) is 0.328. The number of hydrogen-bond donors (Lipinski definition) is 2. The molecule has 2 N–H and O–H groups in total. The fourth-order valence-electron chi connectivity index (χ4n) is 2.70.